The average Bonchev–Trinajstić information content (AvgIpc) is 2.52. The molecule has 0 saturated carbocycles. The summed E-state index contributed by atoms with van der Waals surface area (Å²) < 4.78 is 81.5. The highest BCUT2D eigenvalue weighted by atomic mass is 19.4. The van der Waals surface area contributed by atoms with Crippen molar-refractivity contribution in [2.75, 3.05) is 29.5 Å². The van der Waals surface area contributed by atoms with Gasteiger partial charge >= 0.3 is 6.18 Å². The summed E-state index contributed by atoms with van der Waals surface area (Å²) in [6.07, 6.45) is -5.08. The van der Waals surface area contributed by atoms with Crippen LogP contribution in [0.5, 0.6) is 0 Å². The number of piperidine rings is 1. The van der Waals surface area contributed by atoms with Crippen molar-refractivity contribution in [3.8, 4) is 0 Å². The van der Waals surface area contributed by atoms with Gasteiger partial charge in [0.2, 0.25) is 5.95 Å². The largest absolute Gasteiger partial charge is 0.391 e. The molecule has 1 fully saturated rings. The summed E-state index contributed by atoms with van der Waals surface area (Å²) in [5.74, 6) is -6.77. The Kier molecular flexibility index (Phi) is 4.04. The molecule has 2 aromatic rings. The van der Waals surface area contributed by atoms with E-state index in [4.69, 9.17) is 11.5 Å². The fourth-order valence-electron chi connectivity index (χ4n) is 3.00. The Balaban J connectivity index is 2.06. The Morgan fingerprint density at radius 2 is 1.52 bits per heavy atom. The van der Waals surface area contributed by atoms with Crippen LogP contribution in [0.1, 0.15) is 12.8 Å². The molecule has 3 rings (SSSR count). The van der Waals surface area contributed by atoms with Crippen molar-refractivity contribution >= 4 is 28.4 Å². The summed E-state index contributed by atoms with van der Waals surface area (Å²) in [6, 6.07) is 0. The number of fused-ring (bicyclic) bond motifs is 1. The molecule has 5 nitrogen and oxygen atoms in total. The molecule has 1 aliphatic heterocycles. The maximum Gasteiger partial charge on any atom is 0.391 e. The van der Waals surface area contributed by atoms with Gasteiger partial charge in [0.05, 0.1) is 11.3 Å². The zero-order valence-electron chi connectivity index (χ0n) is 12.7. The van der Waals surface area contributed by atoms with Gasteiger partial charge in [0.15, 0.2) is 17.5 Å². The van der Waals surface area contributed by atoms with Crippen molar-refractivity contribution < 1.29 is 26.3 Å². The monoisotopic (exact) mass is 365 g/mol. The van der Waals surface area contributed by atoms with Gasteiger partial charge in [-0.1, -0.05) is 0 Å². The molecule has 0 bridgehead atoms. The highest BCUT2D eigenvalue weighted by molar-refractivity contribution is 5.92. The Morgan fingerprint density at radius 3 is 2.08 bits per heavy atom. The number of hydrogen-bond donors (Lipinski definition) is 2. The first-order chi connectivity index (χ1) is 11.6. The second-order valence-corrected chi connectivity index (χ2v) is 5.78. The van der Waals surface area contributed by atoms with E-state index in [-0.39, 0.29) is 25.9 Å². The molecule has 0 unspecified atom stereocenters. The van der Waals surface area contributed by atoms with Gasteiger partial charge in [-0.3, -0.25) is 0 Å². The average molecular weight is 365 g/mol. The molecule has 1 aliphatic rings. The minimum Gasteiger partial charge on any atom is -0.383 e. The maximum absolute atomic E-state index is 14.7. The number of halogens is 6. The molecule has 1 aromatic carbocycles. The van der Waals surface area contributed by atoms with Crippen molar-refractivity contribution in [3.63, 3.8) is 0 Å². The third-order valence-corrected chi connectivity index (χ3v) is 4.26. The van der Waals surface area contributed by atoms with Gasteiger partial charge in [-0.15, -0.1) is 0 Å². The van der Waals surface area contributed by atoms with Crippen molar-refractivity contribution in [1.29, 1.82) is 0 Å². The molecule has 0 atom stereocenters. The summed E-state index contributed by atoms with van der Waals surface area (Å²) in [7, 11) is 0. The molecular weight excluding hydrogens is 352 g/mol. The third-order valence-electron chi connectivity index (χ3n) is 4.26. The number of nitrogens with zero attached hydrogens (tertiary/aromatic N) is 3. The van der Waals surface area contributed by atoms with Gasteiger partial charge in [0.25, 0.3) is 0 Å². The van der Waals surface area contributed by atoms with E-state index >= 15 is 0 Å². The number of aromatic nitrogens is 2. The quantitative estimate of drug-likeness (QED) is 0.600. The lowest BCUT2D eigenvalue weighted by atomic mass is 9.95. The number of nitrogens with two attached hydrogens (primary N) is 2. The van der Waals surface area contributed by atoms with E-state index in [1.54, 1.807) is 0 Å². The maximum atomic E-state index is 14.7. The van der Waals surface area contributed by atoms with Crippen LogP contribution < -0.4 is 16.4 Å². The lowest BCUT2D eigenvalue weighted by molar-refractivity contribution is -0.179. The lowest BCUT2D eigenvalue weighted by Gasteiger charge is -2.34. The summed E-state index contributed by atoms with van der Waals surface area (Å²) in [6.45, 7) is -0.558. The highest BCUT2D eigenvalue weighted by Gasteiger charge is 2.42. The number of anilines is 3. The number of benzene rings is 1. The molecule has 0 spiro atoms. The SMILES string of the molecule is Nc1nc(N)c2c(F)c(F)c(N3CCC(C(F)(F)F)CC3)c(F)c2n1. The van der Waals surface area contributed by atoms with Crippen LogP contribution in [0.2, 0.25) is 0 Å². The predicted octanol–water partition coefficient (Wildman–Crippen LogP) is 2.99. The van der Waals surface area contributed by atoms with Crippen molar-refractivity contribution in [1.82, 2.24) is 9.97 Å². The van der Waals surface area contributed by atoms with E-state index in [1.807, 2.05) is 0 Å². The smallest absolute Gasteiger partial charge is 0.383 e. The second kappa shape index (κ2) is 5.81. The van der Waals surface area contributed by atoms with E-state index in [0.29, 0.717) is 0 Å². The molecule has 0 amide bonds. The predicted molar refractivity (Wildman–Crippen MR) is 79.2 cm³/mol. The number of rotatable bonds is 1. The van der Waals surface area contributed by atoms with Crippen LogP contribution in [0.3, 0.4) is 0 Å². The van der Waals surface area contributed by atoms with Crippen LogP contribution in [0.15, 0.2) is 0 Å². The van der Waals surface area contributed by atoms with E-state index < -0.39 is 57.9 Å². The van der Waals surface area contributed by atoms with Crippen molar-refractivity contribution in [3.05, 3.63) is 17.5 Å². The fraction of sp³-hybridized carbons (Fsp3) is 0.429. The summed E-state index contributed by atoms with van der Waals surface area (Å²) in [4.78, 5) is 8.03. The first-order valence-corrected chi connectivity index (χ1v) is 7.32. The highest BCUT2D eigenvalue weighted by Crippen LogP contribution is 2.39. The van der Waals surface area contributed by atoms with Gasteiger partial charge in [0, 0.05) is 13.1 Å². The third kappa shape index (κ3) is 2.87. The number of nitrogen functional groups attached to an aromatic ring is 2. The van der Waals surface area contributed by atoms with Gasteiger partial charge in [-0.05, 0) is 12.8 Å². The number of alkyl halides is 3. The Hall–Kier alpha value is -2.46. The molecular formula is C14H13F6N5. The van der Waals surface area contributed by atoms with Crippen molar-refractivity contribution in [2.24, 2.45) is 5.92 Å². The van der Waals surface area contributed by atoms with Gasteiger partial charge in [-0.25, -0.2) is 18.2 Å². The Morgan fingerprint density at radius 1 is 0.920 bits per heavy atom. The fourth-order valence-corrected chi connectivity index (χ4v) is 3.00. The van der Waals surface area contributed by atoms with Crippen LogP contribution in [0, 0.1) is 23.4 Å². The molecule has 136 valence electrons. The minimum atomic E-state index is -4.38. The van der Waals surface area contributed by atoms with Crippen LogP contribution in [-0.2, 0) is 0 Å². The minimum absolute atomic E-state index is 0.279. The Bertz CT molecular complexity index is 829. The molecule has 11 heteroatoms. The van der Waals surface area contributed by atoms with Gasteiger partial charge in [0.1, 0.15) is 17.0 Å². The molecule has 0 radical (unpaired) electrons. The zero-order valence-corrected chi connectivity index (χ0v) is 12.7. The topological polar surface area (TPSA) is 81.1 Å². The second-order valence-electron chi connectivity index (χ2n) is 5.78. The van der Waals surface area contributed by atoms with E-state index in [1.165, 1.54) is 0 Å². The van der Waals surface area contributed by atoms with Crippen LogP contribution >= 0.6 is 0 Å². The summed E-state index contributed by atoms with van der Waals surface area (Å²) in [5, 5.41) is -0.655. The lowest BCUT2D eigenvalue weighted by Crippen LogP contribution is -2.40. The summed E-state index contributed by atoms with van der Waals surface area (Å²) >= 11 is 0. The first-order valence-electron chi connectivity index (χ1n) is 7.32. The standard InChI is InChI=1S/C14H13F6N5/c15-7-6-10(23-13(22)24-12(6)21)9(17)11(8(7)16)25-3-1-5(2-4-25)14(18,19)20/h5H,1-4H2,(H4,21,22,23,24). The molecule has 0 aliphatic carbocycles. The molecule has 4 N–H and O–H groups in total. The van der Waals surface area contributed by atoms with Crippen LogP contribution in [-0.4, -0.2) is 29.2 Å². The number of hydrogen-bond acceptors (Lipinski definition) is 5. The molecule has 2 heterocycles. The Labute approximate surface area is 137 Å². The van der Waals surface area contributed by atoms with Gasteiger partial charge < -0.3 is 16.4 Å². The molecule has 25 heavy (non-hydrogen) atoms. The normalized spacial score (nSPS) is 16.6. The van der Waals surface area contributed by atoms with Crippen molar-refractivity contribution in [2.45, 2.75) is 19.0 Å². The van der Waals surface area contributed by atoms with E-state index in [2.05, 4.69) is 9.97 Å². The first kappa shape index (κ1) is 17.4. The molecule has 1 saturated heterocycles. The van der Waals surface area contributed by atoms with E-state index in [0.717, 1.165) is 4.90 Å². The zero-order chi connectivity index (χ0) is 18.5. The van der Waals surface area contributed by atoms with Crippen LogP contribution in [0.4, 0.5) is 43.8 Å². The van der Waals surface area contributed by atoms with Gasteiger partial charge in [-0.2, -0.15) is 18.2 Å². The van der Waals surface area contributed by atoms with Crippen LogP contribution in [0.25, 0.3) is 10.9 Å². The summed E-state index contributed by atoms with van der Waals surface area (Å²) in [5.41, 5.74) is 9.41. The molecule has 1 aromatic heterocycles. The van der Waals surface area contributed by atoms with E-state index in [9.17, 15) is 26.3 Å².